The molecule has 1 atom stereocenters. The SMILES string of the molecule is [C-]#[N+]C1=C(N)OC(=N)C(=C(N)Cc2ccccc2)C1c1ccccc1. The maximum Gasteiger partial charge on any atom is 0.235 e. The van der Waals surface area contributed by atoms with Gasteiger partial charge in [-0.05, 0) is 11.1 Å². The topological polar surface area (TPSA) is 89.5 Å². The number of nitrogens with zero attached hydrogens (tertiary/aromatic N) is 1. The molecule has 0 aromatic heterocycles. The number of allylic oxidation sites excluding steroid dienone is 2. The lowest BCUT2D eigenvalue weighted by molar-refractivity contribution is 0.382. The van der Waals surface area contributed by atoms with Crippen molar-refractivity contribution in [3.05, 3.63) is 106 Å². The molecule has 5 nitrogen and oxygen atoms in total. The third-order valence-electron chi connectivity index (χ3n) is 4.11. The molecule has 25 heavy (non-hydrogen) atoms. The van der Waals surface area contributed by atoms with Gasteiger partial charge in [0.1, 0.15) is 0 Å². The first-order chi connectivity index (χ1) is 12.1. The van der Waals surface area contributed by atoms with Gasteiger partial charge in [-0.3, -0.25) is 5.41 Å². The summed E-state index contributed by atoms with van der Waals surface area (Å²) in [4.78, 5) is 3.55. The Morgan fingerprint density at radius 3 is 2.28 bits per heavy atom. The molecule has 0 saturated heterocycles. The molecule has 0 saturated carbocycles. The van der Waals surface area contributed by atoms with E-state index in [1.165, 1.54) is 0 Å². The Morgan fingerprint density at radius 1 is 1.08 bits per heavy atom. The maximum atomic E-state index is 8.24. The van der Waals surface area contributed by atoms with Crippen LogP contribution in [0.2, 0.25) is 0 Å². The Morgan fingerprint density at radius 2 is 1.68 bits per heavy atom. The Bertz CT molecular complexity index is 892. The molecule has 0 bridgehead atoms. The van der Waals surface area contributed by atoms with Gasteiger partial charge in [0.05, 0.1) is 12.5 Å². The zero-order chi connectivity index (χ0) is 17.8. The van der Waals surface area contributed by atoms with Crippen LogP contribution < -0.4 is 11.5 Å². The maximum absolute atomic E-state index is 8.24. The summed E-state index contributed by atoms with van der Waals surface area (Å²) in [5.74, 6) is -0.638. The van der Waals surface area contributed by atoms with Crippen molar-refractivity contribution in [2.45, 2.75) is 12.3 Å². The quantitative estimate of drug-likeness (QED) is 0.754. The molecule has 5 heteroatoms. The molecule has 0 amide bonds. The van der Waals surface area contributed by atoms with Crippen LogP contribution in [0.15, 0.2) is 83.5 Å². The standard InChI is InChI=1S/C20H18N4O/c1-24-18-16(14-10-6-3-7-11-14)17(19(22)25-20(18)23)15(21)12-13-8-4-2-5-9-13/h2-11,16,22H,12,21,23H2. The van der Waals surface area contributed by atoms with Crippen molar-refractivity contribution in [2.24, 2.45) is 11.5 Å². The average Bonchev–Trinajstić information content (AvgIpc) is 2.62. The Hall–Kier alpha value is -3.52. The molecule has 1 aliphatic rings. The van der Waals surface area contributed by atoms with Gasteiger partial charge in [0.2, 0.25) is 11.6 Å². The van der Waals surface area contributed by atoms with Crippen LogP contribution in [0.4, 0.5) is 0 Å². The fourth-order valence-corrected chi connectivity index (χ4v) is 2.96. The minimum atomic E-state index is -0.497. The van der Waals surface area contributed by atoms with Gasteiger partial charge in [0.25, 0.3) is 0 Å². The van der Waals surface area contributed by atoms with Crippen molar-refractivity contribution in [3.63, 3.8) is 0 Å². The molecule has 0 fully saturated rings. The number of ether oxygens (including phenoxy) is 1. The summed E-state index contributed by atoms with van der Waals surface area (Å²) < 4.78 is 5.30. The highest BCUT2D eigenvalue weighted by Gasteiger charge is 2.35. The van der Waals surface area contributed by atoms with Crippen molar-refractivity contribution >= 4 is 5.90 Å². The molecule has 3 rings (SSSR count). The van der Waals surface area contributed by atoms with Gasteiger partial charge in [-0.2, -0.15) is 0 Å². The minimum absolute atomic E-state index is 0.0369. The molecule has 0 spiro atoms. The van der Waals surface area contributed by atoms with Gasteiger partial charge in [-0.15, -0.1) is 0 Å². The second-order valence-electron chi connectivity index (χ2n) is 5.74. The predicted octanol–water partition coefficient (Wildman–Crippen LogP) is 3.28. The third kappa shape index (κ3) is 3.24. The highest BCUT2D eigenvalue weighted by atomic mass is 16.5. The predicted molar refractivity (Wildman–Crippen MR) is 97.2 cm³/mol. The van der Waals surface area contributed by atoms with Crippen molar-refractivity contribution in [1.29, 1.82) is 5.41 Å². The lowest BCUT2D eigenvalue weighted by Crippen LogP contribution is -2.29. The van der Waals surface area contributed by atoms with Crippen LogP contribution in [-0.2, 0) is 11.2 Å². The molecule has 1 heterocycles. The molecule has 124 valence electrons. The molecule has 2 aromatic carbocycles. The highest BCUT2D eigenvalue weighted by Crippen LogP contribution is 2.39. The first kappa shape index (κ1) is 16.3. The monoisotopic (exact) mass is 330 g/mol. The van der Waals surface area contributed by atoms with Crippen LogP contribution in [0, 0.1) is 12.0 Å². The molecule has 1 aliphatic heterocycles. The molecule has 5 N–H and O–H groups in total. The number of benzene rings is 2. The fourth-order valence-electron chi connectivity index (χ4n) is 2.96. The first-order valence-corrected chi connectivity index (χ1v) is 7.83. The van der Waals surface area contributed by atoms with Crippen LogP contribution in [0.3, 0.4) is 0 Å². The van der Waals surface area contributed by atoms with Crippen LogP contribution >= 0.6 is 0 Å². The summed E-state index contributed by atoms with van der Waals surface area (Å²) in [7, 11) is 0. The number of rotatable bonds is 3. The molecule has 1 unspecified atom stereocenters. The van der Waals surface area contributed by atoms with Gasteiger partial charge in [0, 0.05) is 17.7 Å². The Kier molecular flexibility index (Phi) is 4.53. The lowest BCUT2D eigenvalue weighted by atomic mass is 9.84. The summed E-state index contributed by atoms with van der Waals surface area (Å²) in [6.45, 7) is 7.50. The van der Waals surface area contributed by atoms with Crippen LogP contribution in [-0.4, -0.2) is 5.90 Å². The van der Waals surface area contributed by atoms with E-state index in [-0.39, 0.29) is 17.5 Å². The first-order valence-electron chi connectivity index (χ1n) is 7.83. The van der Waals surface area contributed by atoms with Gasteiger partial charge in [-0.25, -0.2) is 4.85 Å². The summed E-state index contributed by atoms with van der Waals surface area (Å²) >= 11 is 0. The molecular formula is C20H18N4O. The summed E-state index contributed by atoms with van der Waals surface area (Å²) in [5, 5.41) is 8.24. The second-order valence-corrected chi connectivity index (χ2v) is 5.74. The smallest absolute Gasteiger partial charge is 0.235 e. The van der Waals surface area contributed by atoms with Crippen molar-refractivity contribution in [1.82, 2.24) is 0 Å². The molecule has 0 radical (unpaired) electrons. The molecule has 2 aromatic rings. The van der Waals surface area contributed by atoms with Crippen LogP contribution in [0.25, 0.3) is 4.85 Å². The normalized spacial score (nSPS) is 19.2. The van der Waals surface area contributed by atoms with E-state index < -0.39 is 5.92 Å². The summed E-state index contributed by atoms with van der Waals surface area (Å²) in [6, 6.07) is 19.2. The van der Waals surface area contributed by atoms with Gasteiger partial charge in [0.15, 0.2) is 5.88 Å². The van der Waals surface area contributed by atoms with Crippen molar-refractivity contribution in [3.8, 4) is 0 Å². The number of nitrogens with one attached hydrogen (secondary N) is 1. The van der Waals surface area contributed by atoms with Crippen LogP contribution in [0.5, 0.6) is 0 Å². The van der Waals surface area contributed by atoms with E-state index in [0.717, 1.165) is 11.1 Å². The van der Waals surface area contributed by atoms with Gasteiger partial charge < -0.3 is 16.2 Å². The summed E-state index contributed by atoms with van der Waals surface area (Å²) in [6.07, 6.45) is 0.469. The number of hydrogen-bond donors (Lipinski definition) is 3. The zero-order valence-electron chi connectivity index (χ0n) is 13.6. The Labute approximate surface area is 146 Å². The van der Waals surface area contributed by atoms with E-state index in [4.69, 9.17) is 28.2 Å². The van der Waals surface area contributed by atoms with Crippen molar-refractivity contribution in [2.75, 3.05) is 0 Å². The third-order valence-corrected chi connectivity index (χ3v) is 4.11. The lowest BCUT2D eigenvalue weighted by Gasteiger charge is -2.28. The number of hydrogen-bond acceptors (Lipinski definition) is 4. The number of nitrogens with two attached hydrogens (primary N) is 2. The van der Waals surface area contributed by atoms with E-state index in [1.807, 2.05) is 60.7 Å². The largest absolute Gasteiger partial charge is 0.434 e. The minimum Gasteiger partial charge on any atom is -0.434 e. The second kappa shape index (κ2) is 6.93. The van der Waals surface area contributed by atoms with E-state index in [0.29, 0.717) is 17.7 Å². The average molecular weight is 330 g/mol. The van der Waals surface area contributed by atoms with E-state index in [1.54, 1.807) is 0 Å². The van der Waals surface area contributed by atoms with Gasteiger partial charge in [-0.1, -0.05) is 60.7 Å². The highest BCUT2D eigenvalue weighted by molar-refractivity contribution is 5.96. The fraction of sp³-hybridized carbons (Fsp3) is 0.100. The molecular weight excluding hydrogens is 312 g/mol. The van der Waals surface area contributed by atoms with E-state index >= 15 is 0 Å². The summed E-state index contributed by atoms with van der Waals surface area (Å²) in [5.41, 5.74) is 15.4. The van der Waals surface area contributed by atoms with Gasteiger partial charge >= 0.3 is 0 Å². The van der Waals surface area contributed by atoms with Crippen molar-refractivity contribution < 1.29 is 4.74 Å². The molecule has 0 aliphatic carbocycles. The van der Waals surface area contributed by atoms with E-state index in [2.05, 4.69) is 4.85 Å². The van der Waals surface area contributed by atoms with E-state index in [9.17, 15) is 0 Å². The zero-order valence-corrected chi connectivity index (χ0v) is 13.6. The Balaban J connectivity index is 2.13. The van der Waals surface area contributed by atoms with Crippen LogP contribution in [0.1, 0.15) is 17.0 Å².